The van der Waals surface area contributed by atoms with Gasteiger partial charge in [0.2, 0.25) is 0 Å². The SMILES string of the molecule is Cc1cc(CNC2CC2)nc(C2Cc3ccccc3C2)n1. The Hall–Kier alpha value is -1.74. The van der Waals surface area contributed by atoms with E-state index >= 15 is 0 Å². The van der Waals surface area contributed by atoms with Crippen molar-refractivity contribution in [3.63, 3.8) is 0 Å². The lowest BCUT2D eigenvalue weighted by atomic mass is 10.1. The Kier molecular flexibility index (Phi) is 3.23. The lowest BCUT2D eigenvalue weighted by Crippen LogP contribution is -2.18. The summed E-state index contributed by atoms with van der Waals surface area (Å²) in [5.74, 6) is 1.47. The minimum atomic E-state index is 0.446. The summed E-state index contributed by atoms with van der Waals surface area (Å²) < 4.78 is 0. The quantitative estimate of drug-likeness (QED) is 0.935. The molecule has 0 unspecified atom stereocenters. The number of fused-ring (bicyclic) bond motifs is 1. The van der Waals surface area contributed by atoms with Gasteiger partial charge in [-0.15, -0.1) is 0 Å². The second kappa shape index (κ2) is 5.23. The Labute approximate surface area is 125 Å². The van der Waals surface area contributed by atoms with Crippen LogP contribution >= 0.6 is 0 Å². The van der Waals surface area contributed by atoms with Gasteiger partial charge >= 0.3 is 0 Å². The molecule has 0 aliphatic heterocycles. The number of nitrogens with zero attached hydrogens (tertiary/aromatic N) is 2. The Balaban J connectivity index is 1.54. The fraction of sp³-hybridized carbons (Fsp3) is 0.444. The number of hydrogen-bond acceptors (Lipinski definition) is 3. The molecular weight excluding hydrogens is 258 g/mol. The first-order valence-electron chi connectivity index (χ1n) is 7.92. The molecule has 3 heteroatoms. The number of aryl methyl sites for hydroxylation is 1. The first-order chi connectivity index (χ1) is 10.3. The van der Waals surface area contributed by atoms with E-state index in [1.807, 2.05) is 0 Å². The Morgan fingerprint density at radius 1 is 1.10 bits per heavy atom. The molecule has 0 spiro atoms. The van der Waals surface area contributed by atoms with Crippen LogP contribution in [0.3, 0.4) is 0 Å². The number of aromatic nitrogens is 2. The first-order valence-corrected chi connectivity index (χ1v) is 7.92. The molecule has 0 amide bonds. The zero-order valence-electron chi connectivity index (χ0n) is 12.5. The topological polar surface area (TPSA) is 37.8 Å². The summed E-state index contributed by atoms with van der Waals surface area (Å²) in [6.45, 7) is 2.95. The number of benzene rings is 1. The van der Waals surface area contributed by atoms with Gasteiger partial charge < -0.3 is 5.32 Å². The van der Waals surface area contributed by atoms with Crippen molar-refractivity contribution < 1.29 is 0 Å². The highest BCUT2D eigenvalue weighted by atomic mass is 15.0. The average molecular weight is 279 g/mol. The Bertz CT molecular complexity index is 636. The maximum Gasteiger partial charge on any atom is 0.132 e. The fourth-order valence-corrected chi connectivity index (χ4v) is 3.21. The van der Waals surface area contributed by atoms with Crippen LogP contribution < -0.4 is 5.32 Å². The Morgan fingerprint density at radius 3 is 2.48 bits per heavy atom. The molecule has 2 aliphatic carbocycles. The van der Waals surface area contributed by atoms with E-state index in [0.717, 1.165) is 42.6 Å². The van der Waals surface area contributed by atoms with Gasteiger partial charge in [-0.25, -0.2) is 9.97 Å². The summed E-state index contributed by atoms with van der Waals surface area (Å²) in [6, 6.07) is 11.6. The van der Waals surface area contributed by atoms with Crippen LogP contribution in [0.4, 0.5) is 0 Å². The summed E-state index contributed by atoms with van der Waals surface area (Å²) in [5.41, 5.74) is 5.15. The van der Waals surface area contributed by atoms with Gasteiger partial charge in [-0.05, 0) is 49.8 Å². The third-order valence-corrected chi connectivity index (χ3v) is 4.49. The van der Waals surface area contributed by atoms with E-state index in [9.17, 15) is 0 Å². The molecule has 0 atom stereocenters. The molecular formula is C18H21N3. The van der Waals surface area contributed by atoms with Crippen molar-refractivity contribution in [2.45, 2.75) is 51.1 Å². The van der Waals surface area contributed by atoms with Crippen LogP contribution in [-0.2, 0) is 19.4 Å². The molecule has 4 rings (SSSR count). The predicted molar refractivity (Wildman–Crippen MR) is 83.2 cm³/mol. The van der Waals surface area contributed by atoms with Gasteiger partial charge in [0, 0.05) is 24.2 Å². The van der Waals surface area contributed by atoms with E-state index in [2.05, 4.69) is 42.6 Å². The number of hydrogen-bond donors (Lipinski definition) is 1. The highest BCUT2D eigenvalue weighted by molar-refractivity contribution is 5.35. The lowest BCUT2D eigenvalue weighted by Gasteiger charge is -2.11. The predicted octanol–water partition coefficient (Wildman–Crippen LogP) is 2.92. The maximum absolute atomic E-state index is 4.82. The van der Waals surface area contributed by atoms with Crippen molar-refractivity contribution in [3.05, 3.63) is 58.7 Å². The van der Waals surface area contributed by atoms with Crippen LogP contribution in [0.25, 0.3) is 0 Å². The van der Waals surface area contributed by atoms with Gasteiger partial charge in [0.25, 0.3) is 0 Å². The molecule has 21 heavy (non-hydrogen) atoms. The van der Waals surface area contributed by atoms with Crippen molar-refractivity contribution in [1.82, 2.24) is 15.3 Å². The van der Waals surface area contributed by atoms with Crippen LogP contribution in [0.2, 0.25) is 0 Å². The molecule has 108 valence electrons. The third kappa shape index (κ3) is 2.84. The van der Waals surface area contributed by atoms with Crippen LogP contribution in [0, 0.1) is 6.92 Å². The second-order valence-electron chi connectivity index (χ2n) is 6.39. The molecule has 2 aromatic rings. The molecule has 1 aromatic heterocycles. The van der Waals surface area contributed by atoms with Crippen LogP contribution in [0.1, 0.15) is 47.1 Å². The Morgan fingerprint density at radius 2 is 1.81 bits per heavy atom. The van der Waals surface area contributed by atoms with Gasteiger partial charge in [-0.2, -0.15) is 0 Å². The normalized spacial score (nSPS) is 18.0. The molecule has 0 radical (unpaired) electrons. The zero-order valence-corrected chi connectivity index (χ0v) is 12.5. The van der Waals surface area contributed by atoms with Crippen molar-refractivity contribution in [2.24, 2.45) is 0 Å². The molecule has 1 heterocycles. The standard InChI is InChI=1S/C18H21N3/c1-12-8-17(11-19-16-6-7-16)21-18(20-12)15-9-13-4-2-3-5-14(13)10-15/h2-5,8,15-16,19H,6-7,9-11H2,1H3. The van der Waals surface area contributed by atoms with Gasteiger partial charge in [0.15, 0.2) is 0 Å². The van der Waals surface area contributed by atoms with Crippen molar-refractivity contribution in [1.29, 1.82) is 0 Å². The molecule has 1 saturated carbocycles. The minimum absolute atomic E-state index is 0.446. The maximum atomic E-state index is 4.82. The molecule has 0 bridgehead atoms. The minimum Gasteiger partial charge on any atom is -0.308 e. The summed E-state index contributed by atoms with van der Waals surface area (Å²) in [5, 5.41) is 3.54. The molecule has 1 N–H and O–H groups in total. The molecule has 2 aliphatic rings. The summed E-state index contributed by atoms with van der Waals surface area (Å²) in [4.78, 5) is 9.53. The fourth-order valence-electron chi connectivity index (χ4n) is 3.21. The summed E-state index contributed by atoms with van der Waals surface area (Å²) in [6.07, 6.45) is 4.79. The monoisotopic (exact) mass is 279 g/mol. The number of rotatable bonds is 4. The summed E-state index contributed by atoms with van der Waals surface area (Å²) in [7, 11) is 0. The van der Waals surface area contributed by atoms with Crippen LogP contribution in [-0.4, -0.2) is 16.0 Å². The highest BCUT2D eigenvalue weighted by Gasteiger charge is 2.25. The van der Waals surface area contributed by atoms with Gasteiger partial charge in [0.05, 0.1) is 5.69 Å². The van der Waals surface area contributed by atoms with Gasteiger partial charge in [0.1, 0.15) is 5.82 Å². The second-order valence-corrected chi connectivity index (χ2v) is 6.39. The third-order valence-electron chi connectivity index (χ3n) is 4.49. The van der Waals surface area contributed by atoms with Crippen molar-refractivity contribution in [2.75, 3.05) is 0 Å². The van der Waals surface area contributed by atoms with E-state index in [1.54, 1.807) is 0 Å². The van der Waals surface area contributed by atoms with Crippen LogP contribution in [0.5, 0.6) is 0 Å². The van der Waals surface area contributed by atoms with Crippen molar-refractivity contribution in [3.8, 4) is 0 Å². The molecule has 1 aromatic carbocycles. The van der Waals surface area contributed by atoms with E-state index in [-0.39, 0.29) is 0 Å². The zero-order chi connectivity index (χ0) is 14.2. The van der Waals surface area contributed by atoms with E-state index < -0.39 is 0 Å². The van der Waals surface area contributed by atoms with E-state index in [0.29, 0.717) is 5.92 Å². The van der Waals surface area contributed by atoms with Crippen LogP contribution in [0.15, 0.2) is 30.3 Å². The first kappa shape index (κ1) is 13.0. The highest BCUT2D eigenvalue weighted by Crippen LogP contribution is 2.32. The largest absolute Gasteiger partial charge is 0.308 e. The van der Waals surface area contributed by atoms with Gasteiger partial charge in [-0.3, -0.25) is 0 Å². The number of nitrogens with one attached hydrogen (secondary N) is 1. The van der Waals surface area contributed by atoms with Crippen molar-refractivity contribution >= 4 is 0 Å². The van der Waals surface area contributed by atoms with Gasteiger partial charge in [-0.1, -0.05) is 24.3 Å². The lowest BCUT2D eigenvalue weighted by molar-refractivity contribution is 0.637. The molecule has 3 nitrogen and oxygen atoms in total. The smallest absolute Gasteiger partial charge is 0.132 e. The molecule has 0 saturated heterocycles. The van der Waals surface area contributed by atoms with E-state index in [4.69, 9.17) is 9.97 Å². The summed E-state index contributed by atoms with van der Waals surface area (Å²) >= 11 is 0. The average Bonchev–Trinajstić information content (AvgIpc) is 3.21. The molecule has 1 fully saturated rings. The van der Waals surface area contributed by atoms with E-state index in [1.165, 1.54) is 24.0 Å².